The number of nitrogens with zero attached hydrogens (tertiary/aromatic N) is 2. The molecule has 114 valence electrons. The van der Waals surface area contributed by atoms with Gasteiger partial charge in [0.1, 0.15) is 0 Å². The summed E-state index contributed by atoms with van der Waals surface area (Å²) in [6.45, 7) is 4.58. The monoisotopic (exact) mass is 468 g/mol. The molecule has 0 atom stereocenters. The molecule has 0 unspecified atom stereocenters. The van der Waals surface area contributed by atoms with Gasteiger partial charge in [-0.1, -0.05) is 55.3 Å². The minimum Gasteiger partial charge on any atom is -0.285 e. The first kappa shape index (κ1) is 15.2. The van der Waals surface area contributed by atoms with Crippen LogP contribution in [-0.4, -0.2) is 9.78 Å². The predicted molar refractivity (Wildman–Crippen MR) is 85.0 cm³/mol. The third kappa shape index (κ3) is 2.09. The summed E-state index contributed by atoms with van der Waals surface area (Å²) in [6, 6.07) is 18.5. The van der Waals surface area contributed by atoms with Gasteiger partial charge in [-0.05, 0) is 11.0 Å². The zero-order valence-electron chi connectivity index (χ0n) is 12.8. The molecule has 4 rings (SSSR count). The molecule has 0 amide bonds. The van der Waals surface area contributed by atoms with Crippen LogP contribution in [0.15, 0.2) is 48.7 Å². The zero-order valence-corrected chi connectivity index (χ0v) is 15.1. The number of aryl methyl sites for hydroxylation is 1. The van der Waals surface area contributed by atoms with Gasteiger partial charge in [-0.25, -0.2) is 5.10 Å². The maximum atomic E-state index is 4.49. The van der Waals surface area contributed by atoms with Gasteiger partial charge in [0.05, 0.1) is 0 Å². The van der Waals surface area contributed by atoms with E-state index in [1.807, 2.05) is 24.0 Å². The number of benzene rings is 2. The Kier molecular flexibility index (Phi) is 3.61. The molecule has 0 saturated heterocycles. The fourth-order valence-electron chi connectivity index (χ4n) is 3.35. The second kappa shape index (κ2) is 5.21. The molecule has 0 spiro atoms. The third-order valence-electron chi connectivity index (χ3n) is 4.50. The van der Waals surface area contributed by atoms with Gasteiger partial charge in [-0.3, -0.25) is 4.68 Å². The largest absolute Gasteiger partial charge is 0.285 e. The fourth-order valence-corrected chi connectivity index (χ4v) is 3.35. The van der Waals surface area contributed by atoms with E-state index in [1.165, 1.54) is 22.3 Å². The van der Waals surface area contributed by atoms with Crippen molar-refractivity contribution in [3.8, 4) is 22.4 Å². The Morgan fingerprint density at radius 3 is 2.55 bits per heavy atom. The molecule has 3 heteroatoms. The topological polar surface area (TPSA) is 17.8 Å². The molecule has 1 aliphatic carbocycles. The minimum atomic E-state index is 0. The summed E-state index contributed by atoms with van der Waals surface area (Å²) in [5, 5.41) is 4.49. The van der Waals surface area contributed by atoms with Crippen molar-refractivity contribution in [1.82, 2.24) is 9.78 Å². The molecule has 1 aromatic heterocycles. The predicted octanol–water partition coefficient (Wildman–Crippen LogP) is 4.19. The number of hydrogen-bond acceptors (Lipinski definition) is 1. The summed E-state index contributed by atoms with van der Waals surface area (Å²) in [5.74, 6) is 0. The summed E-state index contributed by atoms with van der Waals surface area (Å²) >= 11 is 0. The first-order chi connectivity index (χ1) is 10.1. The van der Waals surface area contributed by atoms with Crippen molar-refractivity contribution in [1.29, 1.82) is 0 Å². The van der Waals surface area contributed by atoms with E-state index >= 15 is 0 Å². The quantitative estimate of drug-likeness (QED) is 0.490. The van der Waals surface area contributed by atoms with E-state index in [0.29, 0.717) is 0 Å². The Labute approximate surface area is 145 Å². The number of hydrogen-bond donors (Lipinski definition) is 0. The van der Waals surface area contributed by atoms with E-state index in [-0.39, 0.29) is 26.5 Å². The Balaban J connectivity index is 0.00000144. The molecule has 3 aromatic rings. The molecule has 0 N–H and O–H groups in total. The number of fused-ring (bicyclic) bond motifs is 3. The van der Waals surface area contributed by atoms with Crippen LogP contribution >= 0.6 is 0 Å². The molecule has 0 radical (unpaired) electrons. The van der Waals surface area contributed by atoms with Gasteiger partial charge in [-0.15, -0.1) is 29.3 Å². The third-order valence-corrected chi connectivity index (χ3v) is 4.50. The van der Waals surface area contributed by atoms with E-state index in [0.717, 1.165) is 11.3 Å². The van der Waals surface area contributed by atoms with Crippen molar-refractivity contribution in [2.45, 2.75) is 19.3 Å². The standard InChI is InChI=1S/C19H17N2.Pt/c1-19(2)16-7-5-4-6-14(16)15-9-8-13(12-17(15)19)18-10-11-21(3)20-18;/h4-7,9-12H,1-3H3;/q-1;. The summed E-state index contributed by atoms with van der Waals surface area (Å²) in [7, 11) is 1.94. The van der Waals surface area contributed by atoms with Gasteiger partial charge in [0, 0.05) is 40.0 Å². The molecule has 0 bridgehead atoms. The van der Waals surface area contributed by atoms with Crippen molar-refractivity contribution < 1.29 is 21.1 Å². The molecule has 0 fully saturated rings. The first-order valence-electron chi connectivity index (χ1n) is 7.23. The van der Waals surface area contributed by atoms with Crippen LogP contribution in [-0.2, 0) is 33.5 Å². The average molecular weight is 468 g/mol. The van der Waals surface area contributed by atoms with Crippen molar-refractivity contribution in [2.24, 2.45) is 7.05 Å². The Hall–Kier alpha value is -1.66. The number of rotatable bonds is 1. The van der Waals surface area contributed by atoms with Crippen LogP contribution in [0.2, 0.25) is 0 Å². The van der Waals surface area contributed by atoms with Crippen molar-refractivity contribution in [2.75, 3.05) is 0 Å². The van der Waals surface area contributed by atoms with E-state index in [4.69, 9.17) is 0 Å². The molecule has 2 aromatic carbocycles. The summed E-state index contributed by atoms with van der Waals surface area (Å²) in [5.41, 5.74) is 7.47. The maximum absolute atomic E-state index is 4.49. The van der Waals surface area contributed by atoms with Gasteiger partial charge in [0.2, 0.25) is 0 Å². The first-order valence-corrected chi connectivity index (χ1v) is 7.23. The molecular weight excluding hydrogens is 451 g/mol. The summed E-state index contributed by atoms with van der Waals surface area (Å²) in [4.78, 5) is 0. The van der Waals surface area contributed by atoms with Gasteiger partial charge < -0.3 is 0 Å². The Bertz CT molecular complexity index is 846. The van der Waals surface area contributed by atoms with Crippen LogP contribution < -0.4 is 0 Å². The van der Waals surface area contributed by atoms with Crippen molar-refractivity contribution in [3.63, 3.8) is 0 Å². The van der Waals surface area contributed by atoms with Gasteiger partial charge in [-0.2, -0.15) is 0 Å². The van der Waals surface area contributed by atoms with Gasteiger partial charge in [0.15, 0.2) is 0 Å². The van der Waals surface area contributed by atoms with Crippen LogP contribution in [0.25, 0.3) is 22.4 Å². The van der Waals surface area contributed by atoms with E-state index < -0.39 is 0 Å². The van der Waals surface area contributed by atoms with Crippen LogP contribution in [0.5, 0.6) is 0 Å². The Morgan fingerprint density at radius 2 is 1.82 bits per heavy atom. The van der Waals surface area contributed by atoms with Crippen LogP contribution in [0.1, 0.15) is 25.0 Å². The Morgan fingerprint density at radius 1 is 1.05 bits per heavy atom. The van der Waals surface area contributed by atoms with E-state index in [1.54, 1.807) is 0 Å². The van der Waals surface area contributed by atoms with Crippen LogP contribution in [0, 0.1) is 6.07 Å². The normalized spacial score (nSPS) is 14.1. The fraction of sp³-hybridized carbons (Fsp3) is 0.211. The smallest absolute Gasteiger partial charge is 0.0288 e. The second-order valence-corrected chi connectivity index (χ2v) is 6.22. The maximum Gasteiger partial charge on any atom is 0.0288 e. The molecule has 1 heterocycles. The number of aromatic nitrogens is 2. The molecule has 22 heavy (non-hydrogen) atoms. The molecule has 1 aliphatic rings. The minimum absolute atomic E-state index is 0. The zero-order chi connectivity index (χ0) is 14.6. The SMILES string of the molecule is Cn1ccc(-c2[c-]cc3c(c2)C(C)(C)c2ccccc2-3)n1.[Pt]. The van der Waals surface area contributed by atoms with Crippen molar-refractivity contribution in [3.05, 3.63) is 65.9 Å². The average Bonchev–Trinajstić information content (AvgIpc) is 3.01. The molecule has 2 nitrogen and oxygen atoms in total. The van der Waals surface area contributed by atoms with Gasteiger partial charge >= 0.3 is 0 Å². The van der Waals surface area contributed by atoms with E-state index in [2.05, 4.69) is 61.4 Å². The van der Waals surface area contributed by atoms with E-state index in [9.17, 15) is 0 Å². The van der Waals surface area contributed by atoms with Crippen LogP contribution in [0.3, 0.4) is 0 Å². The molecule has 0 saturated carbocycles. The molecular formula is C19H17N2Pt-. The molecule has 0 aliphatic heterocycles. The van der Waals surface area contributed by atoms with Crippen LogP contribution in [0.4, 0.5) is 0 Å². The summed E-state index contributed by atoms with van der Waals surface area (Å²) in [6.07, 6.45) is 1.97. The van der Waals surface area contributed by atoms with Crippen molar-refractivity contribution >= 4 is 0 Å². The van der Waals surface area contributed by atoms with Gasteiger partial charge in [0.25, 0.3) is 0 Å². The summed E-state index contributed by atoms with van der Waals surface area (Å²) < 4.78 is 1.83. The second-order valence-electron chi connectivity index (χ2n) is 6.22.